The van der Waals surface area contributed by atoms with Crippen LogP contribution in [0.5, 0.6) is 0 Å². The Hall–Kier alpha value is -0.970. The number of H-pyrrole nitrogens is 1. The van der Waals surface area contributed by atoms with Gasteiger partial charge in [-0.05, 0) is 37.5 Å². The summed E-state index contributed by atoms with van der Waals surface area (Å²) in [6, 6.07) is 0.665. The van der Waals surface area contributed by atoms with Gasteiger partial charge < -0.3 is 5.32 Å². The van der Waals surface area contributed by atoms with E-state index in [1.807, 2.05) is 0 Å². The lowest BCUT2D eigenvalue weighted by atomic mass is 9.83. The number of hydrogen-bond donors (Lipinski definition) is 2. The molecule has 88 valence electrons. The van der Waals surface area contributed by atoms with Gasteiger partial charge in [0, 0.05) is 6.04 Å². The third kappa shape index (κ3) is 2.40. The number of rotatable bonds is 4. The Kier molecular flexibility index (Phi) is 2.86. The van der Waals surface area contributed by atoms with E-state index in [0.29, 0.717) is 6.04 Å². The Morgan fingerprint density at radius 1 is 1.19 bits per heavy atom. The average Bonchev–Trinajstić information content (AvgIpc) is 3.05. The van der Waals surface area contributed by atoms with Crippen molar-refractivity contribution in [1.29, 1.82) is 0 Å². The quantitative estimate of drug-likeness (QED) is 0.803. The molecule has 2 saturated carbocycles. The molecule has 0 amide bonds. The molecule has 1 heterocycles. The second-order valence-electron chi connectivity index (χ2n) is 5.17. The van der Waals surface area contributed by atoms with Gasteiger partial charge in [-0.2, -0.15) is 5.21 Å². The first-order chi connectivity index (χ1) is 7.92. The Labute approximate surface area is 95.4 Å². The van der Waals surface area contributed by atoms with Gasteiger partial charge in [-0.15, -0.1) is 10.2 Å². The van der Waals surface area contributed by atoms with Crippen LogP contribution in [0.4, 0.5) is 0 Å². The monoisotopic (exact) mass is 221 g/mol. The Balaban J connectivity index is 1.47. The van der Waals surface area contributed by atoms with Crippen LogP contribution in [0.25, 0.3) is 0 Å². The van der Waals surface area contributed by atoms with Crippen molar-refractivity contribution in [1.82, 2.24) is 25.9 Å². The van der Waals surface area contributed by atoms with Crippen LogP contribution in [0.2, 0.25) is 0 Å². The van der Waals surface area contributed by atoms with E-state index in [1.54, 1.807) is 0 Å². The highest BCUT2D eigenvalue weighted by Crippen LogP contribution is 2.43. The van der Waals surface area contributed by atoms with Gasteiger partial charge in [-0.25, -0.2) is 0 Å². The van der Waals surface area contributed by atoms with E-state index in [1.165, 1.54) is 38.5 Å². The Bertz CT molecular complexity index is 319. The molecule has 0 radical (unpaired) electrons. The van der Waals surface area contributed by atoms with E-state index in [0.717, 1.165) is 24.2 Å². The van der Waals surface area contributed by atoms with E-state index in [2.05, 4.69) is 25.9 Å². The van der Waals surface area contributed by atoms with Crippen molar-refractivity contribution in [3.63, 3.8) is 0 Å². The SMILES string of the molecule is C1CC(NCc2nn[nH]n2)CC(C2CC2)C1. The lowest BCUT2D eigenvalue weighted by Crippen LogP contribution is -2.34. The Morgan fingerprint density at radius 3 is 2.88 bits per heavy atom. The molecule has 2 N–H and O–H groups in total. The van der Waals surface area contributed by atoms with Crippen molar-refractivity contribution in [2.24, 2.45) is 11.8 Å². The molecule has 1 aromatic rings. The van der Waals surface area contributed by atoms with Crippen molar-refractivity contribution in [3.8, 4) is 0 Å². The van der Waals surface area contributed by atoms with E-state index < -0.39 is 0 Å². The van der Waals surface area contributed by atoms with Gasteiger partial charge in [0.2, 0.25) is 0 Å². The van der Waals surface area contributed by atoms with Crippen molar-refractivity contribution >= 4 is 0 Å². The third-order valence-corrected chi connectivity index (χ3v) is 3.94. The summed E-state index contributed by atoms with van der Waals surface area (Å²) in [5.41, 5.74) is 0. The second-order valence-corrected chi connectivity index (χ2v) is 5.17. The molecule has 0 saturated heterocycles. The fourth-order valence-electron chi connectivity index (χ4n) is 2.90. The fourth-order valence-corrected chi connectivity index (χ4v) is 2.90. The second kappa shape index (κ2) is 4.49. The summed E-state index contributed by atoms with van der Waals surface area (Å²) in [5.74, 6) is 2.81. The molecule has 0 aromatic carbocycles. The lowest BCUT2D eigenvalue weighted by molar-refractivity contribution is 0.259. The number of nitrogens with zero attached hydrogens (tertiary/aromatic N) is 3. The molecular formula is C11H19N5. The number of nitrogens with one attached hydrogen (secondary N) is 2. The van der Waals surface area contributed by atoms with Gasteiger partial charge in [-0.1, -0.05) is 18.1 Å². The smallest absolute Gasteiger partial charge is 0.188 e. The maximum absolute atomic E-state index is 3.96. The first kappa shape index (κ1) is 10.2. The van der Waals surface area contributed by atoms with Crippen LogP contribution < -0.4 is 5.32 Å². The largest absolute Gasteiger partial charge is 0.307 e. The van der Waals surface area contributed by atoms with E-state index >= 15 is 0 Å². The molecule has 2 aliphatic carbocycles. The summed E-state index contributed by atoms with van der Waals surface area (Å²) < 4.78 is 0. The molecule has 0 bridgehead atoms. The summed E-state index contributed by atoms with van der Waals surface area (Å²) >= 11 is 0. The standard InChI is InChI=1S/C11H19N5/c1-2-9(8-4-5-8)6-10(3-1)12-7-11-13-15-16-14-11/h8-10,12H,1-7H2,(H,13,14,15,16). The first-order valence-electron chi connectivity index (χ1n) is 6.37. The van der Waals surface area contributed by atoms with Crippen LogP contribution in [0, 0.1) is 11.8 Å². The molecule has 3 rings (SSSR count). The molecular weight excluding hydrogens is 202 g/mol. The zero-order valence-corrected chi connectivity index (χ0v) is 9.52. The van der Waals surface area contributed by atoms with Gasteiger partial charge in [0.1, 0.15) is 0 Å². The number of tetrazole rings is 1. The van der Waals surface area contributed by atoms with Crippen molar-refractivity contribution < 1.29 is 0 Å². The molecule has 1 aromatic heterocycles. The summed E-state index contributed by atoms with van der Waals surface area (Å²) in [6.07, 6.45) is 8.43. The third-order valence-electron chi connectivity index (χ3n) is 3.94. The van der Waals surface area contributed by atoms with Gasteiger partial charge in [0.05, 0.1) is 6.54 Å². The molecule has 2 atom stereocenters. The fraction of sp³-hybridized carbons (Fsp3) is 0.909. The molecule has 5 heteroatoms. The van der Waals surface area contributed by atoms with Crippen LogP contribution in [0.15, 0.2) is 0 Å². The normalized spacial score (nSPS) is 30.5. The predicted octanol–water partition coefficient (Wildman–Crippen LogP) is 1.26. The Morgan fingerprint density at radius 2 is 2.12 bits per heavy atom. The molecule has 5 nitrogen and oxygen atoms in total. The van der Waals surface area contributed by atoms with Crippen LogP contribution in [-0.4, -0.2) is 26.7 Å². The molecule has 2 unspecified atom stereocenters. The van der Waals surface area contributed by atoms with Crippen molar-refractivity contribution in [2.45, 2.75) is 51.1 Å². The zero-order valence-electron chi connectivity index (χ0n) is 9.52. The minimum absolute atomic E-state index is 0.665. The lowest BCUT2D eigenvalue weighted by Gasteiger charge is -2.29. The summed E-state index contributed by atoms with van der Waals surface area (Å²) in [5, 5.41) is 17.5. The van der Waals surface area contributed by atoms with Gasteiger partial charge in [0.25, 0.3) is 0 Å². The van der Waals surface area contributed by atoms with Gasteiger partial charge in [-0.3, -0.25) is 0 Å². The summed E-state index contributed by atoms with van der Waals surface area (Å²) in [4.78, 5) is 0. The number of aromatic nitrogens is 4. The highest BCUT2D eigenvalue weighted by Gasteiger charge is 2.34. The topological polar surface area (TPSA) is 66.5 Å². The predicted molar refractivity (Wildman–Crippen MR) is 59.5 cm³/mol. The number of hydrogen-bond acceptors (Lipinski definition) is 4. The highest BCUT2D eigenvalue weighted by atomic mass is 15.5. The van der Waals surface area contributed by atoms with Crippen molar-refractivity contribution in [3.05, 3.63) is 5.82 Å². The van der Waals surface area contributed by atoms with Crippen LogP contribution in [0.3, 0.4) is 0 Å². The molecule has 0 spiro atoms. The van der Waals surface area contributed by atoms with Crippen LogP contribution in [0.1, 0.15) is 44.3 Å². The van der Waals surface area contributed by atoms with Gasteiger partial charge in [0.15, 0.2) is 5.82 Å². The van der Waals surface area contributed by atoms with E-state index in [4.69, 9.17) is 0 Å². The van der Waals surface area contributed by atoms with E-state index in [-0.39, 0.29) is 0 Å². The highest BCUT2D eigenvalue weighted by molar-refractivity contribution is 4.88. The van der Waals surface area contributed by atoms with Crippen LogP contribution >= 0.6 is 0 Å². The minimum Gasteiger partial charge on any atom is -0.307 e. The van der Waals surface area contributed by atoms with Crippen LogP contribution in [-0.2, 0) is 6.54 Å². The van der Waals surface area contributed by atoms with Gasteiger partial charge >= 0.3 is 0 Å². The molecule has 0 aliphatic heterocycles. The molecule has 2 fully saturated rings. The average molecular weight is 221 g/mol. The van der Waals surface area contributed by atoms with E-state index in [9.17, 15) is 0 Å². The maximum atomic E-state index is 3.96. The molecule has 16 heavy (non-hydrogen) atoms. The minimum atomic E-state index is 0.665. The zero-order chi connectivity index (χ0) is 10.8. The first-order valence-corrected chi connectivity index (χ1v) is 6.37. The summed E-state index contributed by atoms with van der Waals surface area (Å²) in [6.45, 7) is 0.749. The number of aromatic amines is 1. The van der Waals surface area contributed by atoms with Crippen molar-refractivity contribution in [2.75, 3.05) is 0 Å². The molecule has 2 aliphatic rings. The summed E-state index contributed by atoms with van der Waals surface area (Å²) in [7, 11) is 0. The maximum Gasteiger partial charge on any atom is 0.188 e.